The minimum absolute atomic E-state index is 0.0520. The molecule has 0 aromatic carbocycles. The molecule has 0 aromatic heterocycles. The molecule has 0 rings (SSSR count). The number of aliphatic hydroxyl groups is 1. The minimum atomic E-state index is -0.515. The van der Waals surface area contributed by atoms with Crippen molar-refractivity contribution in [1.82, 2.24) is 0 Å². The van der Waals surface area contributed by atoms with E-state index in [-0.39, 0.29) is 19.2 Å². The molecule has 0 heterocycles. The highest BCUT2D eigenvalue weighted by Gasteiger charge is 2.10. The fourth-order valence-corrected chi connectivity index (χ4v) is 1.49. The van der Waals surface area contributed by atoms with Gasteiger partial charge in [0, 0.05) is 19.4 Å². The van der Waals surface area contributed by atoms with Gasteiger partial charge in [0.25, 0.3) is 0 Å². The van der Waals surface area contributed by atoms with Crippen LogP contribution in [0.3, 0.4) is 0 Å². The van der Waals surface area contributed by atoms with Gasteiger partial charge in [-0.3, -0.25) is 4.79 Å². The number of hydrogen-bond acceptors (Lipinski definition) is 5. The quantitative estimate of drug-likeness (QED) is 0.313. The molecule has 5 heteroatoms. The average Bonchev–Trinajstić information content (AvgIpc) is 2.55. The predicted octanol–water partition coefficient (Wildman–Crippen LogP) is 2.49. The Morgan fingerprint density at radius 3 is 2.38 bits per heavy atom. The molecule has 5 nitrogen and oxygen atoms in total. The van der Waals surface area contributed by atoms with Gasteiger partial charge in [0.15, 0.2) is 0 Å². The number of rotatable bonds is 8. The molecule has 0 fully saturated rings. The third-order valence-corrected chi connectivity index (χ3v) is 2.51. The Bertz CT molecular complexity index is 683. The number of hydrogen-bond donors (Lipinski definition) is 1. The SMILES string of the molecule is CC(=O)OCC[C@@H](/C=C/C=C/C#CC#C/C=C/CO)OC(=O)C=C(C)C. The molecule has 0 saturated carbocycles. The van der Waals surface area contributed by atoms with E-state index in [0.717, 1.165) is 5.57 Å². The minimum Gasteiger partial charge on any atom is -0.466 e. The Morgan fingerprint density at radius 2 is 1.77 bits per heavy atom. The Hall–Kier alpha value is -3.02. The number of allylic oxidation sites excluding steroid dienone is 5. The number of ether oxygens (including phenoxy) is 2. The molecule has 0 aliphatic heterocycles. The third-order valence-electron chi connectivity index (χ3n) is 2.51. The van der Waals surface area contributed by atoms with Crippen LogP contribution in [-0.4, -0.2) is 36.4 Å². The summed E-state index contributed by atoms with van der Waals surface area (Å²) in [7, 11) is 0. The fraction of sp³-hybridized carbons (Fsp3) is 0.333. The first kappa shape index (κ1) is 23.0. The van der Waals surface area contributed by atoms with Crippen molar-refractivity contribution in [2.24, 2.45) is 0 Å². The Balaban J connectivity index is 4.66. The zero-order valence-electron chi connectivity index (χ0n) is 15.3. The molecule has 0 unspecified atom stereocenters. The van der Waals surface area contributed by atoms with Crippen LogP contribution in [0.15, 0.2) is 48.1 Å². The lowest BCUT2D eigenvalue weighted by Gasteiger charge is -2.13. The predicted molar refractivity (Wildman–Crippen MR) is 101 cm³/mol. The van der Waals surface area contributed by atoms with Crippen LogP contribution in [0.4, 0.5) is 0 Å². The Morgan fingerprint density at radius 1 is 1.08 bits per heavy atom. The Labute approximate surface area is 155 Å². The zero-order chi connectivity index (χ0) is 19.6. The highest BCUT2D eigenvalue weighted by atomic mass is 16.6. The average molecular weight is 356 g/mol. The van der Waals surface area contributed by atoms with E-state index in [1.165, 1.54) is 25.2 Å². The largest absolute Gasteiger partial charge is 0.466 e. The Kier molecular flexibility index (Phi) is 13.7. The van der Waals surface area contributed by atoms with Crippen molar-refractivity contribution in [2.75, 3.05) is 13.2 Å². The summed E-state index contributed by atoms with van der Waals surface area (Å²) in [6.07, 6.45) is 11.0. The number of aliphatic hydroxyl groups excluding tert-OH is 1. The van der Waals surface area contributed by atoms with E-state index in [9.17, 15) is 9.59 Å². The van der Waals surface area contributed by atoms with Crippen molar-refractivity contribution < 1.29 is 24.2 Å². The fourth-order valence-electron chi connectivity index (χ4n) is 1.49. The molecule has 0 aromatic rings. The van der Waals surface area contributed by atoms with Crippen LogP contribution in [0.1, 0.15) is 27.2 Å². The van der Waals surface area contributed by atoms with E-state index in [2.05, 4.69) is 23.7 Å². The van der Waals surface area contributed by atoms with E-state index in [1.54, 1.807) is 38.2 Å². The summed E-state index contributed by atoms with van der Waals surface area (Å²) in [4.78, 5) is 22.6. The van der Waals surface area contributed by atoms with Crippen molar-refractivity contribution >= 4 is 11.9 Å². The highest BCUT2D eigenvalue weighted by molar-refractivity contribution is 5.82. The molecular weight excluding hydrogens is 332 g/mol. The highest BCUT2D eigenvalue weighted by Crippen LogP contribution is 2.04. The molecule has 0 bridgehead atoms. The number of carbonyl (C=O) groups is 2. The molecule has 0 spiro atoms. The van der Waals surface area contributed by atoms with E-state index in [0.29, 0.717) is 6.42 Å². The molecule has 0 aliphatic rings. The van der Waals surface area contributed by atoms with Crippen molar-refractivity contribution in [2.45, 2.75) is 33.3 Å². The smallest absolute Gasteiger partial charge is 0.331 e. The number of carbonyl (C=O) groups excluding carboxylic acids is 2. The van der Waals surface area contributed by atoms with Gasteiger partial charge >= 0.3 is 11.9 Å². The second-order valence-corrected chi connectivity index (χ2v) is 5.19. The van der Waals surface area contributed by atoms with Gasteiger partial charge < -0.3 is 14.6 Å². The standard InChI is InChI=1S/C21H24O5/c1-18(2)17-21(24)26-20(14-16-25-19(3)23)13-11-9-7-5-4-6-8-10-12-15-22/h7,9-13,17,20,22H,14-16H2,1-3H3/b9-7+,12-10+,13-11+/t20-/m1/s1. The van der Waals surface area contributed by atoms with Crippen LogP contribution < -0.4 is 0 Å². The van der Waals surface area contributed by atoms with Gasteiger partial charge in [0.2, 0.25) is 0 Å². The van der Waals surface area contributed by atoms with Gasteiger partial charge in [-0.2, -0.15) is 0 Å². The maximum atomic E-state index is 11.7. The van der Waals surface area contributed by atoms with Gasteiger partial charge in [0.1, 0.15) is 6.10 Å². The molecule has 0 aliphatic carbocycles. The van der Waals surface area contributed by atoms with Crippen LogP contribution in [0.2, 0.25) is 0 Å². The summed E-state index contributed by atoms with van der Waals surface area (Å²) in [6.45, 7) is 5.03. The summed E-state index contributed by atoms with van der Waals surface area (Å²) in [5, 5.41) is 8.52. The molecule has 0 saturated heterocycles. The lowest BCUT2D eigenvalue weighted by molar-refractivity contribution is -0.144. The second-order valence-electron chi connectivity index (χ2n) is 5.19. The third kappa shape index (κ3) is 15.9. The summed E-state index contributed by atoms with van der Waals surface area (Å²) in [5.74, 6) is 9.75. The molecule has 1 atom stereocenters. The van der Waals surface area contributed by atoms with E-state index < -0.39 is 12.1 Å². The maximum absolute atomic E-state index is 11.7. The van der Waals surface area contributed by atoms with Crippen molar-refractivity contribution in [3.8, 4) is 23.7 Å². The molecule has 1 N–H and O–H groups in total. The van der Waals surface area contributed by atoms with E-state index in [4.69, 9.17) is 14.6 Å². The summed E-state index contributed by atoms with van der Waals surface area (Å²) in [6, 6.07) is 0. The van der Waals surface area contributed by atoms with E-state index >= 15 is 0 Å². The lowest BCUT2D eigenvalue weighted by Crippen LogP contribution is -2.17. The lowest BCUT2D eigenvalue weighted by atomic mass is 10.2. The molecule has 138 valence electrons. The molecule has 0 amide bonds. The van der Waals surface area contributed by atoms with Gasteiger partial charge in [0.05, 0.1) is 13.2 Å². The second kappa shape index (κ2) is 15.5. The summed E-state index contributed by atoms with van der Waals surface area (Å²) >= 11 is 0. The van der Waals surface area contributed by atoms with Crippen molar-refractivity contribution in [1.29, 1.82) is 0 Å². The van der Waals surface area contributed by atoms with Crippen LogP contribution in [-0.2, 0) is 19.1 Å². The van der Waals surface area contributed by atoms with Gasteiger partial charge in [-0.1, -0.05) is 35.6 Å². The van der Waals surface area contributed by atoms with Crippen LogP contribution in [0.5, 0.6) is 0 Å². The van der Waals surface area contributed by atoms with Crippen molar-refractivity contribution in [3.63, 3.8) is 0 Å². The normalized spacial score (nSPS) is 11.4. The monoisotopic (exact) mass is 356 g/mol. The van der Waals surface area contributed by atoms with E-state index in [1.807, 2.05) is 0 Å². The van der Waals surface area contributed by atoms with Crippen LogP contribution in [0, 0.1) is 23.7 Å². The summed E-state index contributed by atoms with van der Waals surface area (Å²) < 4.78 is 10.2. The molecular formula is C21H24O5. The van der Waals surface area contributed by atoms with Crippen LogP contribution in [0.25, 0.3) is 0 Å². The van der Waals surface area contributed by atoms with Gasteiger partial charge in [-0.15, -0.1) is 0 Å². The zero-order valence-corrected chi connectivity index (χ0v) is 15.3. The topological polar surface area (TPSA) is 72.8 Å². The van der Waals surface area contributed by atoms with Gasteiger partial charge in [-0.25, -0.2) is 4.79 Å². The summed E-state index contributed by atoms with van der Waals surface area (Å²) in [5.41, 5.74) is 0.836. The van der Waals surface area contributed by atoms with Gasteiger partial charge in [-0.05, 0) is 43.9 Å². The first-order valence-electron chi connectivity index (χ1n) is 8.04. The first-order valence-corrected chi connectivity index (χ1v) is 8.04. The number of esters is 2. The van der Waals surface area contributed by atoms with Crippen molar-refractivity contribution in [3.05, 3.63) is 48.1 Å². The maximum Gasteiger partial charge on any atom is 0.331 e. The van der Waals surface area contributed by atoms with Crippen LogP contribution >= 0.6 is 0 Å². The first-order chi connectivity index (χ1) is 12.5. The molecule has 0 radical (unpaired) electrons. The molecule has 26 heavy (non-hydrogen) atoms.